The first kappa shape index (κ1) is 28.8. The maximum atomic E-state index is 12.9. The van der Waals surface area contributed by atoms with Crippen molar-refractivity contribution >= 4 is 17.7 Å². The van der Waals surface area contributed by atoms with Crippen molar-refractivity contribution in [3.63, 3.8) is 0 Å². The molecule has 0 saturated heterocycles. The number of amides is 3. The molecular weight excluding hydrogens is 473 g/mol. The van der Waals surface area contributed by atoms with E-state index in [0.717, 1.165) is 18.6 Å². The summed E-state index contributed by atoms with van der Waals surface area (Å²) in [5.74, 6) is -1.86. The first-order valence-corrected chi connectivity index (χ1v) is 11.7. The molecule has 0 aliphatic carbocycles. The van der Waals surface area contributed by atoms with E-state index >= 15 is 0 Å². The third kappa shape index (κ3) is 8.67. The fourth-order valence-corrected chi connectivity index (χ4v) is 3.70. The summed E-state index contributed by atoms with van der Waals surface area (Å²) in [5.41, 5.74) is 2.35. The van der Waals surface area contributed by atoms with Crippen LogP contribution in [0.3, 0.4) is 0 Å². The first-order chi connectivity index (χ1) is 16.9. The second-order valence-electron chi connectivity index (χ2n) is 8.62. The second-order valence-corrected chi connectivity index (χ2v) is 8.62. The Morgan fingerprint density at radius 2 is 1.72 bits per heavy atom. The molecule has 0 radical (unpaired) electrons. The molecule has 7 nitrogen and oxygen atoms in total. The zero-order valence-corrected chi connectivity index (χ0v) is 20.9. The molecule has 10 heteroatoms. The van der Waals surface area contributed by atoms with Crippen LogP contribution in [-0.2, 0) is 22.2 Å². The van der Waals surface area contributed by atoms with Crippen LogP contribution in [0.5, 0.6) is 0 Å². The topological polar surface area (TPSA) is 99.3 Å². The SMILES string of the molecule is CCNC(=O)[C@H](NC(=O)CNC(=O)c1cccc(C(F)(F)F)c1)[C@@H](C)NCCc1ccc(C)cc1C. The molecule has 0 spiro atoms. The molecule has 2 atom stereocenters. The molecule has 0 heterocycles. The molecule has 36 heavy (non-hydrogen) atoms. The van der Waals surface area contributed by atoms with E-state index < -0.39 is 42.2 Å². The number of nitrogens with one attached hydrogen (secondary N) is 4. The minimum absolute atomic E-state index is 0.223. The van der Waals surface area contributed by atoms with E-state index in [1.165, 1.54) is 22.8 Å². The minimum Gasteiger partial charge on any atom is -0.355 e. The molecule has 0 bridgehead atoms. The van der Waals surface area contributed by atoms with Gasteiger partial charge in [0.25, 0.3) is 5.91 Å². The summed E-state index contributed by atoms with van der Waals surface area (Å²) in [5, 5.41) is 10.8. The van der Waals surface area contributed by atoms with Crippen LogP contribution in [-0.4, -0.2) is 49.4 Å². The monoisotopic (exact) mass is 506 g/mol. The molecule has 2 rings (SSSR count). The van der Waals surface area contributed by atoms with E-state index in [4.69, 9.17) is 0 Å². The van der Waals surface area contributed by atoms with Crippen molar-refractivity contribution in [1.82, 2.24) is 21.3 Å². The van der Waals surface area contributed by atoms with Gasteiger partial charge in [0.05, 0.1) is 12.1 Å². The van der Waals surface area contributed by atoms with Gasteiger partial charge in [-0.05, 0) is 70.0 Å². The van der Waals surface area contributed by atoms with Crippen molar-refractivity contribution in [3.05, 3.63) is 70.3 Å². The second kappa shape index (κ2) is 13.1. The molecular formula is C26H33F3N4O3. The fourth-order valence-electron chi connectivity index (χ4n) is 3.70. The molecule has 196 valence electrons. The predicted octanol–water partition coefficient (Wildman–Crippen LogP) is 2.89. The van der Waals surface area contributed by atoms with Crippen LogP contribution < -0.4 is 21.3 Å². The van der Waals surface area contributed by atoms with E-state index in [-0.39, 0.29) is 11.5 Å². The lowest BCUT2D eigenvalue weighted by atomic mass is 10.0. The van der Waals surface area contributed by atoms with E-state index in [2.05, 4.69) is 33.4 Å². The van der Waals surface area contributed by atoms with Gasteiger partial charge in [0, 0.05) is 18.2 Å². The van der Waals surface area contributed by atoms with Gasteiger partial charge in [-0.25, -0.2) is 0 Å². The Labute approximate surface area is 209 Å². The van der Waals surface area contributed by atoms with Gasteiger partial charge in [0.15, 0.2) is 0 Å². The normalized spacial score (nSPS) is 13.0. The predicted molar refractivity (Wildman–Crippen MR) is 131 cm³/mol. The van der Waals surface area contributed by atoms with Crippen LogP contribution >= 0.6 is 0 Å². The van der Waals surface area contributed by atoms with Crippen molar-refractivity contribution in [1.29, 1.82) is 0 Å². The van der Waals surface area contributed by atoms with Gasteiger partial charge in [0.1, 0.15) is 6.04 Å². The molecule has 0 saturated carbocycles. The number of likely N-dealkylation sites (N-methyl/N-ethyl adjacent to an activating group) is 1. The molecule has 0 aliphatic heterocycles. The summed E-state index contributed by atoms with van der Waals surface area (Å²) in [7, 11) is 0. The average Bonchev–Trinajstić information content (AvgIpc) is 2.82. The standard InChI is InChI=1S/C26H33F3N4O3/c1-5-30-25(36)23(18(4)31-12-11-19-10-9-16(2)13-17(19)3)33-22(34)15-32-24(35)20-7-6-8-21(14-20)26(27,28)29/h6-10,13-14,18,23,31H,5,11-12,15H2,1-4H3,(H,30,36)(H,32,35)(H,33,34)/t18-,23-/m1/s1. The molecule has 0 unspecified atom stereocenters. The summed E-state index contributed by atoms with van der Waals surface area (Å²) >= 11 is 0. The minimum atomic E-state index is -4.59. The smallest absolute Gasteiger partial charge is 0.355 e. The Kier molecular flexibility index (Phi) is 10.5. The maximum absolute atomic E-state index is 12.9. The highest BCUT2D eigenvalue weighted by Gasteiger charge is 2.31. The number of hydrogen-bond donors (Lipinski definition) is 4. The van der Waals surface area contributed by atoms with Crippen LogP contribution in [0.1, 0.15) is 46.5 Å². The van der Waals surface area contributed by atoms with Gasteiger partial charge in [-0.3, -0.25) is 14.4 Å². The van der Waals surface area contributed by atoms with Crippen LogP contribution in [0.4, 0.5) is 13.2 Å². The van der Waals surface area contributed by atoms with Crippen molar-refractivity contribution in [2.45, 2.75) is 52.4 Å². The van der Waals surface area contributed by atoms with Gasteiger partial charge in [0.2, 0.25) is 11.8 Å². The van der Waals surface area contributed by atoms with Gasteiger partial charge in [-0.2, -0.15) is 13.2 Å². The zero-order valence-electron chi connectivity index (χ0n) is 20.9. The van der Waals surface area contributed by atoms with Gasteiger partial charge >= 0.3 is 6.18 Å². The molecule has 4 N–H and O–H groups in total. The van der Waals surface area contributed by atoms with E-state index in [1.54, 1.807) is 13.8 Å². The number of rotatable bonds is 11. The van der Waals surface area contributed by atoms with Gasteiger partial charge < -0.3 is 21.3 Å². The molecule has 0 fully saturated rings. The number of carbonyl (C=O) groups is 3. The van der Waals surface area contributed by atoms with Crippen molar-refractivity contribution < 1.29 is 27.6 Å². The average molecular weight is 507 g/mol. The number of alkyl halides is 3. The maximum Gasteiger partial charge on any atom is 0.416 e. The zero-order chi connectivity index (χ0) is 26.9. The van der Waals surface area contributed by atoms with Crippen LogP contribution in [0.25, 0.3) is 0 Å². The van der Waals surface area contributed by atoms with Crippen molar-refractivity contribution in [3.8, 4) is 0 Å². The van der Waals surface area contributed by atoms with E-state index in [0.29, 0.717) is 19.2 Å². The Bertz CT molecular complexity index is 1070. The first-order valence-electron chi connectivity index (χ1n) is 11.7. The molecule has 2 aromatic carbocycles. The quantitative estimate of drug-likeness (QED) is 0.377. The largest absolute Gasteiger partial charge is 0.416 e. The van der Waals surface area contributed by atoms with Crippen molar-refractivity contribution in [2.75, 3.05) is 19.6 Å². The lowest BCUT2D eigenvalue weighted by molar-refractivity contribution is -0.137. The summed E-state index contributed by atoms with van der Waals surface area (Å²) in [6, 6.07) is 8.78. The summed E-state index contributed by atoms with van der Waals surface area (Å²) in [4.78, 5) is 37.3. The number of aryl methyl sites for hydroxylation is 2. The third-order valence-corrected chi connectivity index (χ3v) is 5.67. The molecule has 0 aromatic heterocycles. The van der Waals surface area contributed by atoms with Gasteiger partial charge in [-0.1, -0.05) is 29.8 Å². The van der Waals surface area contributed by atoms with Crippen LogP contribution in [0, 0.1) is 13.8 Å². The highest BCUT2D eigenvalue weighted by molar-refractivity contribution is 5.97. The highest BCUT2D eigenvalue weighted by atomic mass is 19.4. The summed E-state index contributed by atoms with van der Waals surface area (Å²) < 4.78 is 38.7. The van der Waals surface area contributed by atoms with Crippen LogP contribution in [0.2, 0.25) is 0 Å². The Hall–Kier alpha value is -3.40. The lowest BCUT2D eigenvalue weighted by Crippen LogP contribution is -2.58. The number of benzene rings is 2. The Morgan fingerprint density at radius 1 is 1.00 bits per heavy atom. The number of hydrogen-bond acceptors (Lipinski definition) is 4. The lowest BCUT2D eigenvalue weighted by Gasteiger charge is -2.25. The highest BCUT2D eigenvalue weighted by Crippen LogP contribution is 2.29. The van der Waals surface area contributed by atoms with E-state index in [9.17, 15) is 27.6 Å². The molecule has 0 aliphatic rings. The summed E-state index contributed by atoms with van der Waals surface area (Å²) in [6.07, 6.45) is -3.85. The van der Waals surface area contributed by atoms with Gasteiger partial charge in [-0.15, -0.1) is 0 Å². The fraction of sp³-hybridized carbons (Fsp3) is 0.423. The van der Waals surface area contributed by atoms with E-state index in [1.807, 2.05) is 19.9 Å². The molecule has 3 amide bonds. The Balaban J connectivity index is 1.95. The number of halogens is 3. The van der Waals surface area contributed by atoms with Crippen molar-refractivity contribution in [2.24, 2.45) is 0 Å². The molecule has 2 aromatic rings. The van der Waals surface area contributed by atoms with Crippen LogP contribution in [0.15, 0.2) is 42.5 Å². The third-order valence-electron chi connectivity index (χ3n) is 5.67. The summed E-state index contributed by atoms with van der Waals surface area (Å²) in [6.45, 7) is 8.03. The Morgan fingerprint density at radius 3 is 2.36 bits per heavy atom. The number of carbonyl (C=O) groups excluding carboxylic acids is 3.